The first-order chi connectivity index (χ1) is 11.8. The molecule has 2 aromatic rings. The number of rotatable bonds is 7. The van der Waals surface area contributed by atoms with Gasteiger partial charge in [0.1, 0.15) is 5.01 Å². The second kappa shape index (κ2) is 7.85. The van der Waals surface area contributed by atoms with Crippen LogP contribution in [0, 0.1) is 0 Å². The Bertz CT molecular complexity index is 681. The van der Waals surface area contributed by atoms with Gasteiger partial charge >= 0.3 is 0 Å². The number of aromatic nitrogens is 1. The number of hydrogen-bond acceptors (Lipinski definition) is 6. The average Bonchev–Trinajstić information content (AvgIpc) is 3.29. The van der Waals surface area contributed by atoms with Gasteiger partial charge in [-0.05, 0) is 25.0 Å². The van der Waals surface area contributed by atoms with E-state index in [4.69, 9.17) is 14.2 Å². The van der Waals surface area contributed by atoms with Crippen molar-refractivity contribution in [2.45, 2.75) is 38.3 Å². The van der Waals surface area contributed by atoms with Gasteiger partial charge in [-0.2, -0.15) is 0 Å². The van der Waals surface area contributed by atoms with Gasteiger partial charge in [0.25, 0.3) is 0 Å². The molecule has 3 rings (SSSR count). The predicted molar refractivity (Wildman–Crippen MR) is 96.3 cm³/mol. The molecule has 0 atom stereocenters. The Balaban J connectivity index is 1.81. The molecule has 6 heteroatoms. The molecule has 24 heavy (non-hydrogen) atoms. The number of nitrogens with one attached hydrogen (secondary N) is 1. The number of hydrogen-bond donors (Lipinski definition) is 1. The van der Waals surface area contributed by atoms with Gasteiger partial charge in [0.15, 0.2) is 11.5 Å². The fourth-order valence-electron chi connectivity index (χ4n) is 3.17. The third-order valence-corrected chi connectivity index (χ3v) is 5.45. The molecule has 1 aromatic heterocycles. The lowest BCUT2D eigenvalue weighted by atomic mass is 10.1. The van der Waals surface area contributed by atoms with Crippen molar-refractivity contribution in [3.63, 3.8) is 0 Å². The molecule has 0 unspecified atom stereocenters. The van der Waals surface area contributed by atoms with Crippen LogP contribution in [-0.4, -0.2) is 32.4 Å². The monoisotopic (exact) mass is 348 g/mol. The zero-order valence-corrected chi connectivity index (χ0v) is 15.2. The van der Waals surface area contributed by atoms with E-state index in [1.807, 2.05) is 18.3 Å². The highest BCUT2D eigenvalue weighted by molar-refractivity contribution is 7.15. The molecule has 0 radical (unpaired) electrons. The van der Waals surface area contributed by atoms with Crippen LogP contribution < -0.4 is 19.5 Å². The molecule has 1 heterocycles. The molecule has 0 amide bonds. The van der Waals surface area contributed by atoms with Crippen LogP contribution in [0.1, 0.15) is 30.7 Å². The third-order valence-electron chi connectivity index (χ3n) is 4.42. The zero-order chi connectivity index (χ0) is 16.9. The van der Waals surface area contributed by atoms with E-state index in [0.717, 1.165) is 22.0 Å². The van der Waals surface area contributed by atoms with Crippen molar-refractivity contribution in [1.29, 1.82) is 0 Å². The van der Waals surface area contributed by atoms with Crippen molar-refractivity contribution < 1.29 is 14.2 Å². The SMILES string of the molecule is COc1ccc(-c2cnc(CNC3CCCC3)s2)c(OC)c1OC. The molecule has 1 fully saturated rings. The predicted octanol–water partition coefficient (Wildman–Crippen LogP) is 3.87. The molecular weight excluding hydrogens is 324 g/mol. The Kier molecular flexibility index (Phi) is 5.58. The van der Waals surface area contributed by atoms with Gasteiger partial charge in [0.05, 0.1) is 26.2 Å². The highest BCUT2D eigenvalue weighted by Crippen LogP contribution is 2.45. The fourth-order valence-corrected chi connectivity index (χ4v) is 4.06. The van der Waals surface area contributed by atoms with E-state index >= 15 is 0 Å². The van der Waals surface area contributed by atoms with Gasteiger partial charge in [-0.3, -0.25) is 0 Å². The summed E-state index contributed by atoms with van der Waals surface area (Å²) in [5.74, 6) is 1.94. The van der Waals surface area contributed by atoms with Crippen LogP contribution in [-0.2, 0) is 6.54 Å². The molecular formula is C18H24N2O3S. The summed E-state index contributed by atoms with van der Waals surface area (Å²) in [5.41, 5.74) is 0.972. The molecule has 1 aliphatic carbocycles. The normalized spacial score (nSPS) is 14.8. The molecule has 5 nitrogen and oxygen atoms in total. The number of nitrogens with zero attached hydrogens (tertiary/aromatic N) is 1. The van der Waals surface area contributed by atoms with Crippen molar-refractivity contribution in [3.05, 3.63) is 23.3 Å². The van der Waals surface area contributed by atoms with Crippen LogP contribution in [0.25, 0.3) is 10.4 Å². The zero-order valence-electron chi connectivity index (χ0n) is 14.4. The largest absolute Gasteiger partial charge is 0.493 e. The minimum absolute atomic E-state index is 0.608. The first kappa shape index (κ1) is 17.0. The molecule has 1 aliphatic rings. The number of methoxy groups -OCH3 is 3. The number of benzene rings is 1. The average molecular weight is 348 g/mol. The van der Waals surface area contributed by atoms with E-state index in [1.54, 1.807) is 32.7 Å². The maximum atomic E-state index is 5.57. The van der Waals surface area contributed by atoms with Crippen molar-refractivity contribution in [1.82, 2.24) is 10.3 Å². The Labute approximate surface area is 147 Å². The first-order valence-corrected chi connectivity index (χ1v) is 9.06. The van der Waals surface area contributed by atoms with Gasteiger partial charge < -0.3 is 19.5 Å². The van der Waals surface area contributed by atoms with Crippen molar-refractivity contribution in [2.75, 3.05) is 21.3 Å². The van der Waals surface area contributed by atoms with Crippen LogP contribution in [0.15, 0.2) is 18.3 Å². The lowest BCUT2D eigenvalue weighted by Crippen LogP contribution is -2.25. The third kappa shape index (κ3) is 3.49. The maximum Gasteiger partial charge on any atom is 0.203 e. The maximum absolute atomic E-state index is 5.57. The van der Waals surface area contributed by atoms with E-state index in [1.165, 1.54) is 25.7 Å². The second-order valence-electron chi connectivity index (χ2n) is 5.86. The molecule has 0 spiro atoms. The van der Waals surface area contributed by atoms with Crippen molar-refractivity contribution in [3.8, 4) is 27.7 Å². The summed E-state index contributed by atoms with van der Waals surface area (Å²) >= 11 is 1.68. The Hall–Kier alpha value is -1.79. The van der Waals surface area contributed by atoms with Crippen LogP contribution >= 0.6 is 11.3 Å². The summed E-state index contributed by atoms with van der Waals surface area (Å²) < 4.78 is 16.4. The fraction of sp³-hybridized carbons (Fsp3) is 0.500. The van der Waals surface area contributed by atoms with Crippen LogP contribution in [0.5, 0.6) is 17.2 Å². The molecule has 0 bridgehead atoms. The summed E-state index contributed by atoms with van der Waals surface area (Å²) in [7, 11) is 4.88. The first-order valence-electron chi connectivity index (χ1n) is 8.24. The smallest absolute Gasteiger partial charge is 0.203 e. The van der Waals surface area contributed by atoms with Crippen LogP contribution in [0.3, 0.4) is 0 Å². The highest BCUT2D eigenvalue weighted by atomic mass is 32.1. The molecule has 1 saturated carbocycles. The number of thiazole rings is 1. The molecule has 1 aromatic carbocycles. The second-order valence-corrected chi connectivity index (χ2v) is 6.98. The lowest BCUT2D eigenvalue weighted by Gasteiger charge is -2.14. The quantitative estimate of drug-likeness (QED) is 0.823. The van der Waals surface area contributed by atoms with E-state index in [2.05, 4.69) is 10.3 Å². The van der Waals surface area contributed by atoms with Gasteiger partial charge in [-0.15, -0.1) is 11.3 Å². The summed E-state index contributed by atoms with van der Waals surface area (Å²) in [6, 6.07) is 4.53. The highest BCUT2D eigenvalue weighted by Gasteiger charge is 2.19. The summed E-state index contributed by atoms with van der Waals surface area (Å²) in [6.45, 7) is 0.824. The molecule has 1 N–H and O–H groups in total. The minimum atomic E-state index is 0.608. The molecule has 0 aliphatic heterocycles. The van der Waals surface area contributed by atoms with Gasteiger partial charge in [0.2, 0.25) is 5.75 Å². The Morgan fingerprint density at radius 1 is 1.08 bits per heavy atom. The Morgan fingerprint density at radius 2 is 1.83 bits per heavy atom. The van der Waals surface area contributed by atoms with Crippen molar-refractivity contribution in [2.24, 2.45) is 0 Å². The van der Waals surface area contributed by atoms with E-state index < -0.39 is 0 Å². The number of ether oxygens (including phenoxy) is 3. The Morgan fingerprint density at radius 3 is 2.50 bits per heavy atom. The van der Waals surface area contributed by atoms with Crippen molar-refractivity contribution >= 4 is 11.3 Å². The van der Waals surface area contributed by atoms with Gasteiger partial charge in [-0.25, -0.2) is 4.98 Å². The molecule has 130 valence electrons. The van der Waals surface area contributed by atoms with Gasteiger partial charge in [0, 0.05) is 24.3 Å². The molecule has 0 saturated heterocycles. The van der Waals surface area contributed by atoms with E-state index in [-0.39, 0.29) is 0 Å². The van der Waals surface area contributed by atoms with Gasteiger partial charge in [-0.1, -0.05) is 12.8 Å². The minimum Gasteiger partial charge on any atom is -0.493 e. The lowest BCUT2D eigenvalue weighted by molar-refractivity contribution is 0.325. The topological polar surface area (TPSA) is 52.6 Å². The van der Waals surface area contributed by atoms with E-state index in [0.29, 0.717) is 23.3 Å². The van der Waals surface area contributed by atoms with Crippen LogP contribution in [0.2, 0.25) is 0 Å². The summed E-state index contributed by atoms with van der Waals surface area (Å²) in [6.07, 6.45) is 7.14. The van der Waals surface area contributed by atoms with E-state index in [9.17, 15) is 0 Å². The summed E-state index contributed by atoms with van der Waals surface area (Å²) in [4.78, 5) is 5.62. The standard InChI is InChI=1S/C18H24N2O3S/c1-21-14-9-8-13(17(22-2)18(14)23-3)15-10-20-16(24-15)11-19-12-6-4-5-7-12/h8-10,12,19H,4-7,11H2,1-3H3. The summed E-state index contributed by atoms with van der Waals surface area (Å²) in [5, 5.41) is 4.70. The van der Waals surface area contributed by atoms with Crippen LogP contribution in [0.4, 0.5) is 0 Å².